The van der Waals surface area contributed by atoms with Gasteiger partial charge in [-0.05, 0) is 32.0 Å². The summed E-state index contributed by atoms with van der Waals surface area (Å²) in [5, 5.41) is 2.26. The van der Waals surface area contributed by atoms with E-state index >= 15 is 0 Å². The van der Waals surface area contributed by atoms with Crippen molar-refractivity contribution in [1.29, 1.82) is 0 Å². The molecule has 0 aliphatic carbocycles. The molecular weight excluding hydrogens is 384 g/mol. The fourth-order valence-electron chi connectivity index (χ4n) is 2.06. The maximum absolute atomic E-state index is 12.8. The predicted octanol–water partition coefficient (Wildman–Crippen LogP) is 5.86. The van der Waals surface area contributed by atoms with Crippen LogP contribution in [0.4, 0.5) is 26.3 Å². The number of benzene rings is 1. The smallest absolute Gasteiger partial charge is 0.416 e. The zero-order chi connectivity index (χ0) is 19.5. The number of nitrogens with zero attached hydrogens (tertiary/aromatic N) is 1. The molecule has 0 saturated carbocycles. The van der Waals surface area contributed by atoms with Gasteiger partial charge < -0.3 is 9.47 Å². The molecule has 26 heavy (non-hydrogen) atoms. The Kier molecular flexibility index (Phi) is 6.17. The van der Waals surface area contributed by atoms with Crippen LogP contribution in [0, 0.1) is 0 Å². The van der Waals surface area contributed by atoms with Gasteiger partial charge in [0.05, 0.1) is 16.8 Å². The van der Waals surface area contributed by atoms with E-state index < -0.39 is 29.2 Å². The predicted molar refractivity (Wildman–Crippen MR) is 82.9 cm³/mol. The molecule has 0 aliphatic rings. The lowest BCUT2D eigenvalue weighted by atomic mass is 10.1. The molecule has 0 saturated heterocycles. The summed E-state index contributed by atoms with van der Waals surface area (Å²) in [6.45, 7) is 3.83. The van der Waals surface area contributed by atoms with Gasteiger partial charge in [-0.3, -0.25) is 0 Å². The van der Waals surface area contributed by atoms with Gasteiger partial charge in [0.2, 0.25) is 0 Å². The Hall–Kier alpha value is -1.81. The molecule has 0 spiro atoms. The van der Waals surface area contributed by atoms with Gasteiger partial charge in [-0.15, -0.1) is 11.3 Å². The first-order chi connectivity index (χ1) is 12.0. The Balaban J connectivity index is 2.19. The highest BCUT2D eigenvalue weighted by Crippen LogP contribution is 2.38. The number of aromatic nitrogens is 1. The normalized spacial score (nSPS) is 13.7. The number of ether oxygens (including phenoxy) is 2. The highest BCUT2D eigenvalue weighted by molar-refractivity contribution is 7.09. The lowest BCUT2D eigenvalue weighted by Gasteiger charge is -2.14. The third-order valence-corrected chi connectivity index (χ3v) is 4.34. The first kappa shape index (κ1) is 20.5. The third-order valence-electron chi connectivity index (χ3n) is 3.28. The molecule has 144 valence electrons. The number of hydrogen-bond donors (Lipinski definition) is 0. The Morgan fingerprint density at radius 3 is 2.12 bits per heavy atom. The van der Waals surface area contributed by atoms with Crippen LogP contribution in [0.1, 0.15) is 41.8 Å². The summed E-state index contributed by atoms with van der Waals surface area (Å²) in [6, 6.07) is 1.12. The fraction of sp³-hybridized carbons (Fsp3) is 0.438. The van der Waals surface area contributed by atoms with Crippen LogP contribution in [0.5, 0.6) is 5.75 Å². The van der Waals surface area contributed by atoms with E-state index in [1.165, 1.54) is 11.3 Å². The van der Waals surface area contributed by atoms with Crippen molar-refractivity contribution in [2.24, 2.45) is 0 Å². The second-order valence-corrected chi connectivity index (χ2v) is 6.19. The van der Waals surface area contributed by atoms with Crippen molar-refractivity contribution in [3.63, 3.8) is 0 Å². The molecule has 2 rings (SSSR count). The Morgan fingerprint density at radius 1 is 1.04 bits per heavy atom. The van der Waals surface area contributed by atoms with E-state index in [1.54, 1.807) is 12.3 Å². The molecule has 1 aromatic carbocycles. The molecule has 1 unspecified atom stereocenters. The van der Waals surface area contributed by atoms with E-state index in [0.29, 0.717) is 29.4 Å². The molecule has 10 heteroatoms. The molecular formula is C16H15F6NO2S. The van der Waals surface area contributed by atoms with E-state index in [2.05, 4.69) is 4.98 Å². The van der Waals surface area contributed by atoms with Gasteiger partial charge >= 0.3 is 12.4 Å². The Bertz CT molecular complexity index is 709. The van der Waals surface area contributed by atoms with Crippen LogP contribution in [0.3, 0.4) is 0 Å². The van der Waals surface area contributed by atoms with Crippen LogP contribution in [-0.4, -0.2) is 11.6 Å². The fourth-order valence-corrected chi connectivity index (χ4v) is 2.87. The molecule has 1 aromatic heterocycles. The van der Waals surface area contributed by atoms with Gasteiger partial charge in [-0.25, -0.2) is 4.98 Å². The average Bonchev–Trinajstić information content (AvgIpc) is 3.00. The molecule has 0 radical (unpaired) electrons. The Morgan fingerprint density at radius 2 is 1.62 bits per heavy atom. The minimum Gasteiger partial charge on any atom is -0.487 e. The molecule has 2 aromatic rings. The highest BCUT2D eigenvalue weighted by Gasteiger charge is 2.37. The van der Waals surface area contributed by atoms with Crippen molar-refractivity contribution in [1.82, 2.24) is 4.98 Å². The zero-order valence-electron chi connectivity index (χ0n) is 13.7. The Labute approximate surface area is 149 Å². The molecule has 3 nitrogen and oxygen atoms in total. The first-order valence-corrected chi connectivity index (χ1v) is 8.37. The molecule has 0 bridgehead atoms. The summed E-state index contributed by atoms with van der Waals surface area (Å²) in [5.74, 6) is -0.528. The lowest BCUT2D eigenvalue weighted by molar-refractivity contribution is -0.143. The minimum absolute atomic E-state index is 0.0531. The summed E-state index contributed by atoms with van der Waals surface area (Å²) >= 11 is 1.27. The van der Waals surface area contributed by atoms with E-state index in [0.717, 1.165) is 0 Å². The van der Waals surface area contributed by atoms with E-state index in [-0.39, 0.29) is 18.8 Å². The summed E-state index contributed by atoms with van der Waals surface area (Å²) in [6.07, 6.45) is -10.1. The van der Waals surface area contributed by atoms with Crippen molar-refractivity contribution < 1.29 is 35.8 Å². The monoisotopic (exact) mass is 399 g/mol. The standard InChI is InChI=1S/C16H15F6NO2S/c1-3-24-9(2)14-23-12(8-26-14)7-25-13-5-10(15(17,18)19)4-11(6-13)16(20,21)22/h4-6,8-9H,3,7H2,1-2H3. The van der Waals surface area contributed by atoms with Crippen LogP contribution in [0.2, 0.25) is 0 Å². The summed E-state index contributed by atoms with van der Waals surface area (Å²) < 4.78 is 87.4. The number of halogens is 6. The maximum atomic E-state index is 12.8. The van der Waals surface area contributed by atoms with Crippen molar-refractivity contribution in [2.75, 3.05) is 6.61 Å². The van der Waals surface area contributed by atoms with Crippen LogP contribution in [0.15, 0.2) is 23.6 Å². The average molecular weight is 399 g/mol. The van der Waals surface area contributed by atoms with Gasteiger partial charge in [-0.2, -0.15) is 26.3 Å². The molecule has 1 heterocycles. The summed E-state index contributed by atoms with van der Waals surface area (Å²) in [7, 11) is 0. The second kappa shape index (κ2) is 7.83. The van der Waals surface area contributed by atoms with Crippen LogP contribution < -0.4 is 4.74 Å². The quantitative estimate of drug-likeness (QED) is 0.571. The van der Waals surface area contributed by atoms with E-state index in [9.17, 15) is 26.3 Å². The van der Waals surface area contributed by atoms with Gasteiger partial charge in [0.1, 0.15) is 23.5 Å². The molecule has 0 amide bonds. The SMILES string of the molecule is CCOC(C)c1nc(COc2cc(C(F)(F)F)cc(C(F)(F)F)c2)cs1. The number of thiazole rings is 1. The number of rotatable bonds is 6. The lowest BCUT2D eigenvalue weighted by Crippen LogP contribution is -2.11. The van der Waals surface area contributed by atoms with Crippen molar-refractivity contribution >= 4 is 11.3 Å². The molecule has 0 N–H and O–H groups in total. The number of alkyl halides is 6. The third kappa shape index (κ3) is 5.34. The van der Waals surface area contributed by atoms with Crippen LogP contribution >= 0.6 is 11.3 Å². The van der Waals surface area contributed by atoms with Crippen LogP contribution in [-0.2, 0) is 23.7 Å². The van der Waals surface area contributed by atoms with Crippen molar-refractivity contribution in [3.8, 4) is 5.75 Å². The number of hydrogen-bond acceptors (Lipinski definition) is 4. The second-order valence-electron chi connectivity index (χ2n) is 5.30. The van der Waals surface area contributed by atoms with Crippen molar-refractivity contribution in [3.05, 3.63) is 45.4 Å². The van der Waals surface area contributed by atoms with Crippen molar-refractivity contribution in [2.45, 2.75) is 38.9 Å². The van der Waals surface area contributed by atoms with Gasteiger partial charge in [0.15, 0.2) is 0 Å². The van der Waals surface area contributed by atoms with E-state index in [1.807, 2.05) is 6.92 Å². The maximum Gasteiger partial charge on any atom is 0.416 e. The first-order valence-electron chi connectivity index (χ1n) is 7.49. The summed E-state index contributed by atoms with van der Waals surface area (Å²) in [4.78, 5) is 4.21. The molecule has 1 atom stereocenters. The highest BCUT2D eigenvalue weighted by atomic mass is 32.1. The zero-order valence-corrected chi connectivity index (χ0v) is 14.6. The topological polar surface area (TPSA) is 31.4 Å². The molecule has 0 aliphatic heterocycles. The largest absolute Gasteiger partial charge is 0.487 e. The van der Waals surface area contributed by atoms with Gasteiger partial charge in [-0.1, -0.05) is 0 Å². The molecule has 0 fully saturated rings. The summed E-state index contributed by atoms with van der Waals surface area (Å²) in [5.41, 5.74) is -2.46. The van der Waals surface area contributed by atoms with Gasteiger partial charge in [0.25, 0.3) is 0 Å². The van der Waals surface area contributed by atoms with Gasteiger partial charge in [0, 0.05) is 12.0 Å². The van der Waals surface area contributed by atoms with E-state index in [4.69, 9.17) is 9.47 Å². The minimum atomic E-state index is -4.92. The van der Waals surface area contributed by atoms with Crippen LogP contribution in [0.25, 0.3) is 0 Å².